The smallest absolute Gasteiger partial charge is 0.0887 e. The molecule has 2 atom stereocenters. The fourth-order valence-electron chi connectivity index (χ4n) is 5.65. The molecule has 4 rings (SSSR count). The maximum Gasteiger partial charge on any atom is 0.0887 e. The molecule has 2 unspecified atom stereocenters. The van der Waals surface area contributed by atoms with Gasteiger partial charge in [-0.2, -0.15) is 0 Å². The van der Waals surface area contributed by atoms with Crippen LogP contribution in [0, 0.1) is 47.0 Å². The summed E-state index contributed by atoms with van der Waals surface area (Å²) in [5, 5.41) is 23.7. The van der Waals surface area contributed by atoms with Crippen LogP contribution in [0.15, 0.2) is 48.5 Å². The van der Waals surface area contributed by atoms with E-state index in [2.05, 4.69) is 83.1 Å². The van der Waals surface area contributed by atoms with Crippen molar-refractivity contribution in [3.05, 3.63) is 104 Å². The Bertz CT molecular complexity index is 1070. The summed E-state index contributed by atoms with van der Waals surface area (Å²) in [4.78, 5) is 0. The van der Waals surface area contributed by atoms with E-state index >= 15 is 0 Å². The second-order valence-electron chi connectivity index (χ2n) is 9.85. The molecule has 0 fully saturated rings. The normalized spacial score (nSPS) is 22.8. The molecular weight excluding hydrogens is 380 g/mol. The summed E-state index contributed by atoms with van der Waals surface area (Å²) < 4.78 is 0. The van der Waals surface area contributed by atoms with E-state index in [4.69, 9.17) is 0 Å². The Labute approximate surface area is 186 Å². The van der Waals surface area contributed by atoms with Gasteiger partial charge >= 0.3 is 0 Å². The summed E-state index contributed by atoms with van der Waals surface area (Å²) in [6.45, 7) is 14.6. The minimum absolute atomic E-state index is 0.150. The van der Waals surface area contributed by atoms with E-state index in [1.807, 2.05) is 13.8 Å². The highest BCUT2D eigenvalue weighted by atomic mass is 16.3. The monoisotopic (exact) mass is 414 g/mol. The van der Waals surface area contributed by atoms with Gasteiger partial charge in [0.25, 0.3) is 0 Å². The van der Waals surface area contributed by atoms with Gasteiger partial charge in [0.15, 0.2) is 0 Å². The fourth-order valence-corrected chi connectivity index (χ4v) is 5.65. The van der Waals surface area contributed by atoms with Gasteiger partial charge in [0.1, 0.15) is 0 Å². The predicted octanol–water partition coefficient (Wildman–Crippen LogP) is 6.46. The Morgan fingerprint density at radius 2 is 0.968 bits per heavy atom. The topological polar surface area (TPSA) is 40.5 Å². The first kappa shape index (κ1) is 21.8. The molecule has 0 bridgehead atoms. The van der Waals surface area contributed by atoms with Crippen LogP contribution in [-0.2, 0) is 0 Å². The maximum absolute atomic E-state index is 11.8. The van der Waals surface area contributed by atoms with Gasteiger partial charge in [0, 0.05) is 11.3 Å². The Kier molecular flexibility index (Phi) is 5.36. The SMILES string of the molecule is Cc1ccc(C)c(C(c2cc(C)ccc2C)C2(C)C(O)c3c(C)ccc(C)c3C2O)c1. The Balaban J connectivity index is 2.05. The van der Waals surface area contributed by atoms with Gasteiger partial charge in [-0.1, -0.05) is 66.6 Å². The zero-order valence-corrected chi connectivity index (χ0v) is 19.7. The number of fused-ring (bicyclic) bond motifs is 1. The van der Waals surface area contributed by atoms with E-state index in [1.165, 1.54) is 33.4 Å². The van der Waals surface area contributed by atoms with Crippen LogP contribution in [-0.4, -0.2) is 10.2 Å². The number of hydrogen-bond donors (Lipinski definition) is 2. The standard InChI is InChI=1S/C29H34O2/c1-16-8-10-18(3)22(14-16)26(23-15-17(2)9-11-19(23)4)29(7)27(30)24-20(5)12-13-21(6)25(24)28(29)31/h8-15,26-28,30-31H,1-7H3. The molecule has 0 spiro atoms. The minimum Gasteiger partial charge on any atom is -0.388 e. The summed E-state index contributed by atoms with van der Waals surface area (Å²) in [5.41, 5.74) is 10.2. The van der Waals surface area contributed by atoms with E-state index in [0.29, 0.717) is 0 Å². The molecule has 0 heterocycles. The van der Waals surface area contributed by atoms with E-state index in [-0.39, 0.29) is 5.92 Å². The highest BCUT2D eigenvalue weighted by Crippen LogP contribution is 2.63. The summed E-state index contributed by atoms with van der Waals surface area (Å²) in [6.07, 6.45) is -1.52. The third-order valence-corrected chi connectivity index (χ3v) is 7.56. The van der Waals surface area contributed by atoms with Crippen molar-refractivity contribution < 1.29 is 10.2 Å². The highest BCUT2D eigenvalue weighted by Gasteiger charge is 2.56. The zero-order valence-electron chi connectivity index (χ0n) is 19.7. The van der Waals surface area contributed by atoms with Gasteiger partial charge in [0.2, 0.25) is 0 Å². The molecule has 0 aliphatic heterocycles. The highest BCUT2D eigenvalue weighted by molar-refractivity contribution is 5.54. The van der Waals surface area contributed by atoms with Gasteiger partial charge in [-0.25, -0.2) is 0 Å². The number of benzene rings is 3. The van der Waals surface area contributed by atoms with Gasteiger partial charge in [-0.3, -0.25) is 0 Å². The van der Waals surface area contributed by atoms with Crippen molar-refractivity contribution in [2.45, 2.75) is 66.6 Å². The van der Waals surface area contributed by atoms with Crippen molar-refractivity contribution in [3.8, 4) is 0 Å². The second kappa shape index (κ2) is 7.62. The van der Waals surface area contributed by atoms with Crippen molar-refractivity contribution in [1.82, 2.24) is 0 Å². The molecule has 1 aliphatic carbocycles. The predicted molar refractivity (Wildman–Crippen MR) is 128 cm³/mol. The van der Waals surface area contributed by atoms with Crippen LogP contribution in [0.4, 0.5) is 0 Å². The quantitative estimate of drug-likeness (QED) is 0.516. The van der Waals surface area contributed by atoms with Crippen LogP contribution < -0.4 is 0 Å². The first-order chi connectivity index (χ1) is 14.6. The van der Waals surface area contributed by atoms with E-state index in [0.717, 1.165) is 22.3 Å². The molecule has 1 aliphatic rings. The van der Waals surface area contributed by atoms with Crippen molar-refractivity contribution in [1.29, 1.82) is 0 Å². The van der Waals surface area contributed by atoms with Crippen molar-refractivity contribution in [3.63, 3.8) is 0 Å². The van der Waals surface area contributed by atoms with Crippen LogP contribution in [0.25, 0.3) is 0 Å². The van der Waals surface area contributed by atoms with Crippen molar-refractivity contribution in [2.24, 2.45) is 5.41 Å². The lowest BCUT2D eigenvalue weighted by Crippen LogP contribution is -2.35. The molecule has 2 heteroatoms. The van der Waals surface area contributed by atoms with Crippen LogP contribution in [0.3, 0.4) is 0 Å². The molecule has 2 nitrogen and oxygen atoms in total. The van der Waals surface area contributed by atoms with E-state index < -0.39 is 17.6 Å². The second-order valence-corrected chi connectivity index (χ2v) is 9.85. The summed E-state index contributed by atoms with van der Waals surface area (Å²) >= 11 is 0. The van der Waals surface area contributed by atoms with Crippen LogP contribution in [0.2, 0.25) is 0 Å². The molecular formula is C29H34O2. The number of aryl methyl sites for hydroxylation is 6. The lowest BCUT2D eigenvalue weighted by atomic mass is 9.64. The zero-order chi connectivity index (χ0) is 22.7. The minimum atomic E-state index is -0.795. The third kappa shape index (κ3) is 3.24. The molecule has 3 aromatic rings. The first-order valence-electron chi connectivity index (χ1n) is 11.2. The molecule has 0 saturated carbocycles. The van der Waals surface area contributed by atoms with E-state index in [1.54, 1.807) is 0 Å². The van der Waals surface area contributed by atoms with Crippen LogP contribution in [0.5, 0.6) is 0 Å². The lowest BCUT2D eigenvalue weighted by Gasteiger charge is -2.42. The van der Waals surface area contributed by atoms with Gasteiger partial charge in [0.05, 0.1) is 12.2 Å². The molecule has 0 aromatic heterocycles. The number of hydrogen-bond acceptors (Lipinski definition) is 2. The molecule has 3 aromatic carbocycles. The lowest BCUT2D eigenvalue weighted by molar-refractivity contribution is -0.0522. The third-order valence-electron chi connectivity index (χ3n) is 7.56. The Morgan fingerprint density at radius 3 is 1.35 bits per heavy atom. The van der Waals surface area contributed by atoms with Crippen molar-refractivity contribution >= 4 is 0 Å². The Morgan fingerprint density at radius 1 is 0.613 bits per heavy atom. The summed E-state index contributed by atoms with van der Waals surface area (Å²) in [7, 11) is 0. The van der Waals surface area contributed by atoms with Gasteiger partial charge in [-0.05, 0) is 86.1 Å². The van der Waals surface area contributed by atoms with Gasteiger partial charge < -0.3 is 10.2 Å². The molecule has 2 N–H and O–H groups in total. The Hall–Kier alpha value is -2.42. The molecule has 0 radical (unpaired) electrons. The summed E-state index contributed by atoms with van der Waals surface area (Å²) in [6, 6.07) is 17.1. The maximum atomic E-state index is 11.8. The molecule has 0 amide bonds. The average Bonchev–Trinajstić information content (AvgIpc) is 2.93. The first-order valence-corrected chi connectivity index (χ1v) is 11.2. The fraction of sp³-hybridized carbons (Fsp3) is 0.379. The van der Waals surface area contributed by atoms with Crippen LogP contribution >= 0.6 is 0 Å². The van der Waals surface area contributed by atoms with Crippen LogP contribution in [0.1, 0.15) is 80.7 Å². The number of aliphatic hydroxyl groups is 2. The molecule has 162 valence electrons. The van der Waals surface area contributed by atoms with Crippen molar-refractivity contribution in [2.75, 3.05) is 0 Å². The molecule has 0 saturated heterocycles. The van der Waals surface area contributed by atoms with Gasteiger partial charge in [-0.15, -0.1) is 0 Å². The van der Waals surface area contributed by atoms with E-state index in [9.17, 15) is 10.2 Å². The average molecular weight is 415 g/mol. The number of aliphatic hydroxyl groups excluding tert-OH is 2. The summed E-state index contributed by atoms with van der Waals surface area (Å²) in [5.74, 6) is -0.150. The largest absolute Gasteiger partial charge is 0.388 e. The molecule has 31 heavy (non-hydrogen) atoms. The number of rotatable bonds is 3.